The van der Waals surface area contributed by atoms with E-state index in [2.05, 4.69) is 4.74 Å². The lowest BCUT2D eigenvalue weighted by molar-refractivity contribution is -0.137. The molecule has 2 aromatic carbocycles. The molecule has 0 aromatic heterocycles. The topological polar surface area (TPSA) is 76.2 Å². The highest BCUT2D eigenvalue weighted by molar-refractivity contribution is 5.97. The Balaban J connectivity index is 2.69. The molecule has 0 atom stereocenters. The van der Waals surface area contributed by atoms with E-state index in [4.69, 9.17) is 11.1 Å². The lowest BCUT2D eigenvalue weighted by atomic mass is 9.92. The van der Waals surface area contributed by atoms with Gasteiger partial charge in [-0.05, 0) is 47.9 Å². The van der Waals surface area contributed by atoms with Gasteiger partial charge in [-0.1, -0.05) is 6.07 Å². The molecule has 7 heteroatoms. The van der Waals surface area contributed by atoms with E-state index in [-0.39, 0.29) is 22.4 Å². The number of nitrogens with one attached hydrogen (secondary N) is 1. The molecule has 24 heavy (non-hydrogen) atoms. The molecule has 0 saturated heterocycles. The van der Waals surface area contributed by atoms with Crippen LogP contribution in [0.15, 0.2) is 30.3 Å². The number of halogens is 3. The van der Waals surface area contributed by atoms with Gasteiger partial charge in [0.25, 0.3) is 0 Å². The van der Waals surface area contributed by atoms with E-state index < -0.39 is 17.7 Å². The fraction of sp³-hybridized carbons (Fsp3) is 0.176. The minimum Gasteiger partial charge on any atom is -0.465 e. The first-order chi connectivity index (χ1) is 11.2. The molecule has 0 aliphatic rings. The van der Waals surface area contributed by atoms with E-state index >= 15 is 0 Å². The van der Waals surface area contributed by atoms with Crippen LogP contribution in [-0.2, 0) is 10.9 Å². The average molecular weight is 336 g/mol. The number of rotatable bonds is 3. The van der Waals surface area contributed by atoms with Crippen molar-refractivity contribution in [1.29, 1.82) is 5.41 Å². The van der Waals surface area contributed by atoms with Gasteiger partial charge in [0.15, 0.2) is 0 Å². The van der Waals surface area contributed by atoms with Gasteiger partial charge < -0.3 is 15.9 Å². The Morgan fingerprint density at radius 1 is 1.21 bits per heavy atom. The SMILES string of the molecule is COC(=O)c1ccc(-c2cc(C(F)(F)F)cc(N)c2C=N)c(C)c1. The first-order valence-corrected chi connectivity index (χ1v) is 6.89. The molecule has 3 N–H and O–H groups in total. The number of nitrogen functional groups attached to an aromatic ring is 1. The largest absolute Gasteiger partial charge is 0.465 e. The van der Waals surface area contributed by atoms with Crippen molar-refractivity contribution in [3.8, 4) is 11.1 Å². The fourth-order valence-corrected chi connectivity index (χ4v) is 2.43. The molecule has 0 bridgehead atoms. The van der Waals surface area contributed by atoms with Gasteiger partial charge >= 0.3 is 12.1 Å². The quantitative estimate of drug-likeness (QED) is 0.504. The van der Waals surface area contributed by atoms with Crippen molar-refractivity contribution in [3.63, 3.8) is 0 Å². The predicted octanol–water partition coefficient (Wildman–Crippen LogP) is 4.05. The van der Waals surface area contributed by atoms with Crippen LogP contribution in [0.25, 0.3) is 11.1 Å². The summed E-state index contributed by atoms with van der Waals surface area (Å²) in [5.74, 6) is -0.541. The van der Waals surface area contributed by atoms with Crippen LogP contribution in [0.5, 0.6) is 0 Å². The summed E-state index contributed by atoms with van der Waals surface area (Å²) in [5, 5.41) is 7.45. The zero-order valence-electron chi connectivity index (χ0n) is 13.0. The Morgan fingerprint density at radius 2 is 1.88 bits per heavy atom. The molecule has 0 aliphatic carbocycles. The normalized spacial score (nSPS) is 11.2. The first kappa shape index (κ1) is 17.5. The minimum absolute atomic E-state index is 0.133. The number of carbonyl (C=O) groups excluding carboxylic acids is 1. The Morgan fingerprint density at radius 3 is 2.38 bits per heavy atom. The van der Waals surface area contributed by atoms with E-state index in [0.717, 1.165) is 18.3 Å². The van der Waals surface area contributed by atoms with Crippen molar-refractivity contribution < 1.29 is 22.7 Å². The van der Waals surface area contributed by atoms with E-state index in [9.17, 15) is 18.0 Å². The number of carbonyl (C=O) groups is 1. The lowest BCUT2D eigenvalue weighted by Crippen LogP contribution is -2.09. The first-order valence-electron chi connectivity index (χ1n) is 6.89. The molecule has 0 aliphatic heterocycles. The van der Waals surface area contributed by atoms with Crippen LogP contribution in [0.3, 0.4) is 0 Å². The Hall–Kier alpha value is -2.83. The third-order valence-corrected chi connectivity index (χ3v) is 3.62. The standard InChI is InChI=1S/C17H15F3N2O2/c1-9-5-10(16(23)24-2)3-4-12(9)13-6-11(17(18,19)20)7-15(22)14(13)8-21/h3-8,21H,22H2,1-2H3. The molecule has 126 valence electrons. The van der Waals surface area contributed by atoms with Crippen molar-refractivity contribution in [2.75, 3.05) is 12.8 Å². The number of benzene rings is 2. The van der Waals surface area contributed by atoms with Gasteiger partial charge in [0.1, 0.15) is 0 Å². The van der Waals surface area contributed by atoms with Crippen LogP contribution in [0.1, 0.15) is 27.0 Å². The summed E-state index contributed by atoms with van der Waals surface area (Å²) in [7, 11) is 1.24. The van der Waals surface area contributed by atoms with Gasteiger partial charge in [-0.25, -0.2) is 4.79 Å². The highest BCUT2D eigenvalue weighted by Gasteiger charge is 2.32. The number of esters is 1. The maximum atomic E-state index is 13.0. The molecular weight excluding hydrogens is 321 g/mol. The fourth-order valence-electron chi connectivity index (χ4n) is 2.43. The van der Waals surface area contributed by atoms with E-state index in [1.165, 1.54) is 25.3 Å². The third kappa shape index (κ3) is 3.24. The average Bonchev–Trinajstić information content (AvgIpc) is 2.52. The number of nitrogens with two attached hydrogens (primary N) is 1. The van der Waals surface area contributed by atoms with Crippen molar-refractivity contribution in [1.82, 2.24) is 0 Å². The number of anilines is 1. The van der Waals surface area contributed by atoms with Gasteiger partial charge in [-0.3, -0.25) is 0 Å². The summed E-state index contributed by atoms with van der Waals surface area (Å²) in [4.78, 5) is 11.5. The molecule has 0 radical (unpaired) electrons. The monoisotopic (exact) mass is 336 g/mol. The maximum Gasteiger partial charge on any atom is 0.416 e. The molecule has 0 spiro atoms. The molecule has 0 heterocycles. The molecule has 2 aromatic rings. The number of alkyl halides is 3. The molecule has 2 rings (SSSR count). The van der Waals surface area contributed by atoms with Gasteiger partial charge in [-0.2, -0.15) is 13.2 Å². The number of hydrogen-bond acceptors (Lipinski definition) is 4. The van der Waals surface area contributed by atoms with Crippen LogP contribution in [-0.4, -0.2) is 19.3 Å². The third-order valence-electron chi connectivity index (χ3n) is 3.62. The number of aryl methyl sites for hydroxylation is 1. The summed E-state index contributed by atoms with van der Waals surface area (Å²) in [6, 6.07) is 6.26. The van der Waals surface area contributed by atoms with E-state index in [0.29, 0.717) is 11.1 Å². The van der Waals surface area contributed by atoms with Gasteiger partial charge in [0, 0.05) is 17.5 Å². The van der Waals surface area contributed by atoms with Crippen LogP contribution >= 0.6 is 0 Å². The summed E-state index contributed by atoms with van der Waals surface area (Å²) in [6.45, 7) is 1.66. The highest BCUT2D eigenvalue weighted by atomic mass is 19.4. The Labute approximate surface area is 136 Å². The molecule has 0 fully saturated rings. The zero-order chi connectivity index (χ0) is 18.1. The second kappa shape index (κ2) is 6.35. The second-order valence-corrected chi connectivity index (χ2v) is 5.19. The van der Waals surface area contributed by atoms with E-state index in [1.54, 1.807) is 6.92 Å². The molecule has 0 amide bonds. The smallest absolute Gasteiger partial charge is 0.416 e. The van der Waals surface area contributed by atoms with Crippen molar-refractivity contribution in [2.45, 2.75) is 13.1 Å². The molecule has 4 nitrogen and oxygen atoms in total. The summed E-state index contributed by atoms with van der Waals surface area (Å²) < 4.78 is 43.7. The van der Waals surface area contributed by atoms with Gasteiger partial charge in [0.05, 0.1) is 18.2 Å². The van der Waals surface area contributed by atoms with Gasteiger partial charge in [-0.15, -0.1) is 0 Å². The predicted molar refractivity (Wildman–Crippen MR) is 85.3 cm³/mol. The molecular formula is C17H15F3N2O2. The van der Waals surface area contributed by atoms with Crippen molar-refractivity contribution >= 4 is 17.9 Å². The molecule has 0 saturated carbocycles. The number of ether oxygens (including phenoxy) is 1. The zero-order valence-corrected chi connectivity index (χ0v) is 13.0. The number of hydrogen-bond donors (Lipinski definition) is 2. The van der Waals surface area contributed by atoms with Crippen LogP contribution in [0, 0.1) is 12.3 Å². The lowest BCUT2D eigenvalue weighted by Gasteiger charge is -2.16. The van der Waals surface area contributed by atoms with Crippen LogP contribution in [0.4, 0.5) is 18.9 Å². The van der Waals surface area contributed by atoms with Crippen LogP contribution in [0.2, 0.25) is 0 Å². The summed E-state index contributed by atoms with van der Waals surface area (Å²) in [6.07, 6.45) is -3.64. The summed E-state index contributed by atoms with van der Waals surface area (Å²) in [5.41, 5.74) is 6.36. The highest BCUT2D eigenvalue weighted by Crippen LogP contribution is 2.37. The summed E-state index contributed by atoms with van der Waals surface area (Å²) >= 11 is 0. The van der Waals surface area contributed by atoms with Crippen molar-refractivity contribution in [3.05, 3.63) is 52.6 Å². The maximum absolute atomic E-state index is 13.0. The van der Waals surface area contributed by atoms with Gasteiger partial charge in [0.2, 0.25) is 0 Å². The number of methoxy groups -OCH3 is 1. The Bertz CT molecular complexity index is 814. The van der Waals surface area contributed by atoms with Crippen LogP contribution < -0.4 is 5.73 Å². The molecule has 0 unspecified atom stereocenters. The van der Waals surface area contributed by atoms with Crippen molar-refractivity contribution in [2.24, 2.45) is 0 Å². The van der Waals surface area contributed by atoms with E-state index in [1.807, 2.05) is 0 Å². The minimum atomic E-state index is -4.55. The second-order valence-electron chi connectivity index (χ2n) is 5.19. The Kier molecular flexibility index (Phi) is 4.64.